The van der Waals surface area contributed by atoms with E-state index in [9.17, 15) is 0 Å². The van der Waals surface area contributed by atoms with Gasteiger partial charge in [-0.3, -0.25) is 0 Å². The summed E-state index contributed by atoms with van der Waals surface area (Å²) < 4.78 is 3.04. The first-order valence-electron chi connectivity index (χ1n) is 6.76. The smallest absolute Gasteiger partial charge is 0.131 e. The van der Waals surface area contributed by atoms with Crippen LogP contribution in [-0.2, 0) is 6.54 Å². The normalized spacial score (nSPS) is 10.8. The second kappa shape index (κ2) is 5.74. The molecular formula is C17H16BrN3. The van der Waals surface area contributed by atoms with Gasteiger partial charge >= 0.3 is 0 Å². The van der Waals surface area contributed by atoms with E-state index in [1.807, 2.05) is 28.8 Å². The van der Waals surface area contributed by atoms with Crippen molar-refractivity contribution in [2.75, 3.05) is 5.73 Å². The van der Waals surface area contributed by atoms with Gasteiger partial charge in [0.25, 0.3) is 0 Å². The lowest BCUT2D eigenvalue weighted by Gasteiger charge is -2.07. The molecule has 4 heteroatoms. The number of nitrogen functional groups attached to an aromatic ring is 1. The van der Waals surface area contributed by atoms with Gasteiger partial charge in [0.2, 0.25) is 0 Å². The van der Waals surface area contributed by atoms with Crippen molar-refractivity contribution >= 4 is 21.7 Å². The van der Waals surface area contributed by atoms with Crippen LogP contribution >= 0.6 is 15.9 Å². The first-order chi connectivity index (χ1) is 10.1. The van der Waals surface area contributed by atoms with Crippen LogP contribution < -0.4 is 5.73 Å². The number of hydrogen-bond donors (Lipinski definition) is 1. The number of anilines is 1. The van der Waals surface area contributed by atoms with Gasteiger partial charge in [0.05, 0.1) is 12.9 Å². The van der Waals surface area contributed by atoms with Gasteiger partial charge in [0.1, 0.15) is 11.5 Å². The molecule has 0 saturated carbocycles. The predicted molar refractivity (Wildman–Crippen MR) is 90.1 cm³/mol. The molecule has 0 fully saturated rings. The highest BCUT2D eigenvalue weighted by Crippen LogP contribution is 2.28. The average Bonchev–Trinajstić information content (AvgIpc) is 2.84. The minimum atomic E-state index is 0.689. The molecule has 106 valence electrons. The van der Waals surface area contributed by atoms with E-state index in [0.29, 0.717) is 5.82 Å². The van der Waals surface area contributed by atoms with Crippen LogP contribution in [0.4, 0.5) is 5.82 Å². The van der Waals surface area contributed by atoms with Crippen LogP contribution in [0.3, 0.4) is 0 Å². The number of nitrogens with zero attached hydrogens (tertiary/aromatic N) is 2. The van der Waals surface area contributed by atoms with E-state index in [2.05, 4.69) is 52.1 Å². The van der Waals surface area contributed by atoms with E-state index in [1.54, 1.807) is 6.33 Å². The Morgan fingerprint density at radius 2 is 1.90 bits per heavy atom. The molecule has 21 heavy (non-hydrogen) atoms. The van der Waals surface area contributed by atoms with Gasteiger partial charge in [-0.05, 0) is 24.1 Å². The summed E-state index contributed by atoms with van der Waals surface area (Å²) in [5.74, 6) is 0.689. The van der Waals surface area contributed by atoms with Crippen LogP contribution in [0, 0.1) is 6.92 Å². The van der Waals surface area contributed by atoms with Crippen LogP contribution in [-0.4, -0.2) is 9.55 Å². The summed E-state index contributed by atoms with van der Waals surface area (Å²) in [6.07, 6.45) is 1.80. The van der Waals surface area contributed by atoms with Crippen molar-refractivity contribution in [1.82, 2.24) is 9.55 Å². The fraction of sp³-hybridized carbons (Fsp3) is 0.118. The molecule has 0 amide bonds. The first kappa shape index (κ1) is 13.9. The van der Waals surface area contributed by atoms with Gasteiger partial charge in [0.15, 0.2) is 0 Å². The summed E-state index contributed by atoms with van der Waals surface area (Å²) in [6.45, 7) is 2.79. The van der Waals surface area contributed by atoms with E-state index in [1.165, 1.54) is 11.1 Å². The Kier molecular flexibility index (Phi) is 3.80. The maximum atomic E-state index is 6.26. The number of aryl methyl sites for hydroxylation is 1. The number of aromatic nitrogens is 2. The molecule has 1 heterocycles. The zero-order valence-electron chi connectivity index (χ0n) is 11.8. The van der Waals surface area contributed by atoms with Crippen molar-refractivity contribution in [1.29, 1.82) is 0 Å². The van der Waals surface area contributed by atoms with Crippen LogP contribution in [0.25, 0.3) is 11.3 Å². The van der Waals surface area contributed by atoms with Crippen LogP contribution in [0.5, 0.6) is 0 Å². The monoisotopic (exact) mass is 341 g/mol. The molecule has 0 aliphatic carbocycles. The number of benzene rings is 2. The van der Waals surface area contributed by atoms with E-state index in [-0.39, 0.29) is 0 Å². The quantitative estimate of drug-likeness (QED) is 0.773. The first-order valence-corrected chi connectivity index (χ1v) is 7.55. The Labute approximate surface area is 132 Å². The summed E-state index contributed by atoms with van der Waals surface area (Å²) in [7, 11) is 0. The van der Waals surface area contributed by atoms with Crippen LogP contribution in [0.1, 0.15) is 11.1 Å². The van der Waals surface area contributed by atoms with Crippen molar-refractivity contribution in [2.45, 2.75) is 13.5 Å². The Morgan fingerprint density at radius 1 is 1.14 bits per heavy atom. The van der Waals surface area contributed by atoms with Crippen molar-refractivity contribution < 1.29 is 0 Å². The van der Waals surface area contributed by atoms with Gasteiger partial charge < -0.3 is 10.3 Å². The maximum absolute atomic E-state index is 6.26. The molecule has 0 radical (unpaired) electrons. The SMILES string of the molecule is Cc1ccc(-c2ncn(Cc3ccccc3)c2N)cc1Br. The summed E-state index contributed by atoms with van der Waals surface area (Å²) in [6, 6.07) is 16.4. The Morgan fingerprint density at radius 3 is 2.62 bits per heavy atom. The molecule has 3 rings (SSSR count). The number of nitrogens with two attached hydrogens (primary N) is 1. The molecule has 0 saturated heterocycles. The lowest BCUT2D eigenvalue weighted by atomic mass is 10.1. The zero-order valence-corrected chi connectivity index (χ0v) is 13.3. The van der Waals surface area contributed by atoms with Gasteiger partial charge in [-0.2, -0.15) is 0 Å². The molecule has 2 N–H and O–H groups in total. The summed E-state index contributed by atoms with van der Waals surface area (Å²) in [5, 5.41) is 0. The molecule has 0 atom stereocenters. The predicted octanol–water partition coefficient (Wildman–Crippen LogP) is 4.25. The molecule has 3 aromatic rings. The Hall–Kier alpha value is -2.07. The third-order valence-corrected chi connectivity index (χ3v) is 4.37. The number of hydrogen-bond acceptors (Lipinski definition) is 2. The maximum Gasteiger partial charge on any atom is 0.131 e. The molecule has 1 aromatic heterocycles. The minimum absolute atomic E-state index is 0.689. The van der Waals surface area contributed by atoms with E-state index in [4.69, 9.17) is 5.73 Å². The second-order valence-corrected chi connectivity index (χ2v) is 5.91. The van der Waals surface area contributed by atoms with E-state index in [0.717, 1.165) is 22.3 Å². The number of imidazole rings is 1. The molecule has 0 bridgehead atoms. The summed E-state index contributed by atoms with van der Waals surface area (Å²) >= 11 is 3.55. The molecular weight excluding hydrogens is 326 g/mol. The number of rotatable bonds is 3. The highest BCUT2D eigenvalue weighted by Gasteiger charge is 2.11. The largest absolute Gasteiger partial charge is 0.383 e. The average molecular weight is 342 g/mol. The van der Waals surface area contributed by atoms with Crippen molar-refractivity contribution in [3.63, 3.8) is 0 Å². The number of halogens is 1. The summed E-state index contributed by atoms with van der Waals surface area (Å²) in [5.41, 5.74) is 10.5. The van der Waals surface area contributed by atoms with E-state index < -0.39 is 0 Å². The molecule has 0 aliphatic heterocycles. The van der Waals surface area contributed by atoms with Crippen LogP contribution in [0.15, 0.2) is 59.3 Å². The fourth-order valence-electron chi connectivity index (χ4n) is 2.26. The topological polar surface area (TPSA) is 43.8 Å². The molecule has 0 aliphatic rings. The van der Waals surface area contributed by atoms with Gasteiger partial charge in [-0.15, -0.1) is 0 Å². The van der Waals surface area contributed by atoms with Gasteiger partial charge in [-0.25, -0.2) is 4.98 Å². The van der Waals surface area contributed by atoms with Gasteiger partial charge in [-0.1, -0.05) is 58.4 Å². The lowest BCUT2D eigenvalue weighted by molar-refractivity contribution is 0.808. The Balaban J connectivity index is 1.93. The molecule has 0 unspecified atom stereocenters. The van der Waals surface area contributed by atoms with Gasteiger partial charge in [0, 0.05) is 10.0 Å². The fourth-order valence-corrected chi connectivity index (χ4v) is 2.64. The minimum Gasteiger partial charge on any atom is -0.383 e. The lowest BCUT2D eigenvalue weighted by Crippen LogP contribution is -2.03. The standard InChI is InChI=1S/C17H16BrN3/c1-12-7-8-14(9-15(12)18)16-17(19)21(11-20-16)10-13-5-3-2-4-6-13/h2-9,11H,10,19H2,1H3. The second-order valence-electron chi connectivity index (χ2n) is 5.06. The molecule has 0 spiro atoms. The molecule has 2 aromatic carbocycles. The molecule has 3 nitrogen and oxygen atoms in total. The third-order valence-electron chi connectivity index (χ3n) is 3.52. The van der Waals surface area contributed by atoms with Crippen molar-refractivity contribution in [2.24, 2.45) is 0 Å². The van der Waals surface area contributed by atoms with E-state index >= 15 is 0 Å². The third kappa shape index (κ3) is 2.85. The highest BCUT2D eigenvalue weighted by atomic mass is 79.9. The Bertz CT molecular complexity index is 763. The van der Waals surface area contributed by atoms with Crippen LogP contribution in [0.2, 0.25) is 0 Å². The van der Waals surface area contributed by atoms with Crippen molar-refractivity contribution in [3.8, 4) is 11.3 Å². The zero-order chi connectivity index (χ0) is 14.8. The summed E-state index contributed by atoms with van der Waals surface area (Å²) in [4.78, 5) is 4.47. The highest BCUT2D eigenvalue weighted by molar-refractivity contribution is 9.10. The van der Waals surface area contributed by atoms with Crippen molar-refractivity contribution in [3.05, 3.63) is 70.5 Å².